The maximum Gasteiger partial charge on any atom is 0.341 e. The summed E-state index contributed by atoms with van der Waals surface area (Å²) in [6, 6.07) is 20.0. The molecule has 0 aromatic heterocycles. The molecule has 0 bridgehead atoms. The second-order valence-electron chi connectivity index (χ2n) is 8.45. The molecule has 5 N–H and O–H groups in total. The number of hydrogen-bond acceptors (Lipinski definition) is 12. The summed E-state index contributed by atoms with van der Waals surface area (Å²) in [6.07, 6.45) is -7.61. The zero-order valence-electron chi connectivity index (χ0n) is 21.0. The topological polar surface area (TPSA) is 214 Å². The SMILES string of the molecule is O=C(O)CC(=O)[C@@](O)(OC(=O)c1ccccc1)[C@@](O)(OC(=O)c1ccccc1)[C@H](O)C(O)OC(=O)c1ccccc1. The molecule has 0 amide bonds. The smallest absolute Gasteiger partial charge is 0.341 e. The van der Waals surface area contributed by atoms with E-state index >= 15 is 0 Å². The number of esters is 3. The van der Waals surface area contributed by atoms with Gasteiger partial charge < -0.3 is 39.7 Å². The minimum atomic E-state index is -4.18. The lowest BCUT2D eigenvalue weighted by molar-refractivity contribution is -0.378. The molecule has 41 heavy (non-hydrogen) atoms. The number of aliphatic carboxylic acids is 1. The van der Waals surface area contributed by atoms with Gasteiger partial charge in [0.25, 0.3) is 0 Å². The maximum absolute atomic E-state index is 13.0. The van der Waals surface area contributed by atoms with Crippen LogP contribution in [0.1, 0.15) is 37.5 Å². The van der Waals surface area contributed by atoms with Crippen LogP contribution in [-0.4, -0.2) is 79.2 Å². The van der Waals surface area contributed by atoms with Gasteiger partial charge in [0.1, 0.15) is 6.42 Å². The lowest BCUT2D eigenvalue weighted by Crippen LogP contribution is -2.71. The summed E-state index contributed by atoms with van der Waals surface area (Å²) in [7, 11) is 0. The minimum Gasteiger partial charge on any atom is -0.481 e. The number of carboxylic acid groups (broad SMARTS) is 1. The number of carboxylic acids is 1. The van der Waals surface area contributed by atoms with Gasteiger partial charge in [0.15, 0.2) is 6.10 Å². The Hall–Kier alpha value is -4.95. The number of carbonyl (C=O) groups is 5. The Morgan fingerprint density at radius 3 is 1.44 bits per heavy atom. The van der Waals surface area contributed by atoms with Crippen molar-refractivity contribution in [1.82, 2.24) is 0 Å². The van der Waals surface area contributed by atoms with E-state index in [9.17, 15) is 49.5 Å². The van der Waals surface area contributed by atoms with Crippen molar-refractivity contribution in [3.63, 3.8) is 0 Å². The molecule has 3 aromatic rings. The summed E-state index contributed by atoms with van der Waals surface area (Å²) in [5, 5.41) is 53.5. The molecule has 13 nitrogen and oxygen atoms in total. The van der Waals surface area contributed by atoms with Crippen molar-refractivity contribution in [2.45, 2.75) is 30.4 Å². The van der Waals surface area contributed by atoms with Crippen molar-refractivity contribution >= 4 is 29.7 Å². The molecule has 0 fully saturated rings. The van der Waals surface area contributed by atoms with Gasteiger partial charge in [-0.25, -0.2) is 14.4 Å². The molecule has 13 heteroatoms. The van der Waals surface area contributed by atoms with Crippen LogP contribution in [0.4, 0.5) is 0 Å². The molecule has 1 unspecified atom stereocenters. The Bertz CT molecular complexity index is 1390. The fourth-order valence-corrected chi connectivity index (χ4v) is 3.47. The van der Waals surface area contributed by atoms with Crippen LogP contribution in [0.5, 0.6) is 0 Å². The van der Waals surface area contributed by atoms with E-state index in [-0.39, 0.29) is 16.7 Å². The largest absolute Gasteiger partial charge is 0.481 e. The maximum atomic E-state index is 13.0. The molecule has 3 rings (SSSR count). The van der Waals surface area contributed by atoms with Crippen LogP contribution in [0, 0.1) is 0 Å². The molecule has 0 saturated carbocycles. The van der Waals surface area contributed by atoms with Gasteiger partial charge >= 0.3 is 35.5 Å². The highest BCUT2D eigenvalue weighted by molar-refractivity contribution is 6.02. The van der Waals surface area contributed by atoms with Crippen molar-refractivity contribution < 1.29 is 63.7 Å². The van der Waals surface area contributed by atoms with Crippen LogP contribution in [-0.2, 0) is 23.8 Å². The first-order valence-corrected chi connectivity index (χ1v) is 11.8. The van der Waals surface area contributed by atoms with Crippen LogP contribution < -0.4 is 0 Å². The van der Waals surface area contributed by atoms with E-state index in [4.69, 9.17) is 14.2 Å². The van der Waals surface area contributed by atoms with Gasteiger partial charge in [-0.05, 0) is 36.4 Å². The fraction of sp³-hybridized carbons (Fsp3) is 0.179. The monoisotopic (exact) mass is 568 g/mol. The average Bonchev–Trinajstić information content (AvgIpc) is 2.97. The number of hydrogen-bond donors (Lipinski definition) is 5. The molecule has 3 aromatic carbocycles. The number of carbonyl (C=O) groups excluding carboxylic acids is 4. The minimum absolute atomic E-state index is 0.142. The first-order chi connectivity index (χ1) is 19.4. The van der Waals surface area contributed by atoms with Crippen molar-refractivity contribution in [2.75, 3.05) is 0 Å². The van der Waals surface area contributed by atoms with Crippen LogP contribution in [0.3, 0.4) is 0 Å². The third-order valence-electron chi connectivity index (χ3n) is 5.59. The molecular formula is C28H24O13. The van der Waals surface area contributed by atoms with Gasteiger partial charge in [0.05, 0.1) is 16.7 Å². The number of Topliss-reactive ketones (excluding diaryl/α,β-unsaturated/α-hetero) is 1. The second-order valence-corrected chi connectivity index (χ2v) is 8.45. The summed E-state index contributed by atoms with van der Waals surface area (Å²) in [5.74, 6) is -16.6. The highest BCUT2D eigenvalue weighted by Crippen LogP contribution is 2.35. The Balaban J connectivity index is 2.10. The van der Waals surface area contributed by atoms with Gasteiger partial charge in [0.2, 0.25) is 12.1 Å². The summed E-state index contributed by atoms with van der Waals surface area (Å²) in [6.45, 7) is 0. The Morgan fingerprint density at radius 2 is 1.02 bits per heavy atom. The predicted octanol–water partition coefficient (Wildman–Crippen LogP) is 0.658. The fourth-order valence-electron chi connectivity index (χ4n) is 3.47. The number of ether oxygens (including phenoxy) is 3. The van der Waals surface area contributed by atoms with Crippen molar-refractivity contribution in [2.24, 2.45) is 0 Å². The van der Waals surface area contributed by atoms with Crippen LogP contribution >= 0.6 is 0 Å². The first kappa shape index (κ1) is 30.6. The Morgan fingerprint density at radius 1 is 0.634 bits per heavy atom. The Kier molecular flexibility index (Phi) is 9.65. The van der Waals surface area contributed by atoms with Crippen molar-refractivity contribution in [3.8, 4) is 0 Å². The van der Waals surface area contributed by atoms with Crippen LogP contribution in [0.2, 0.25) is 0 Å². The van der Waals surface area contributed by atoms with Gasteiger partial charge in [-0.15, -0.1) is 0 Å². The van der Waals surface area contributed by atoms with Gasteiger partial charge in [0, 0.05) is 0 Å². The molecule has 0 aliphatic heterocycles. The quantitative estimate of drug-likeness (QED) is 0.0880. The highest BCUT2D eigenvalue weighted by Gasteiger charge is 2.68. The van der Waals surface area contributed by atoms with Crippen molar-refractivity contribution in [1.29, 1.82) is 0 Å². The van der Waals surface area contributed by atoms with E-state index in [1.165, 1.54) is 60.7 Å². The van der Waals surface area contributed by atoms with E-state index in [2.05, 4.69) is 0 Å². The van der Waals surface area contributed by atoms with E-state index in [1.54, 1.807) is 6.07 Å². The van der Waals surface area contributed by atoms with Crippen LogP contribution in [0.25, 0.3) is 0 Å². The average molecular weight is 568 g/mol. The normalized spacial score (nSPS) is 15.2. The molecule has 0 aliphatic carbocycles. The third-order valence-corrected chi connectivity index (χ3v) is 5.59. The number of rotatable bonds is 12. The van der Waals surface area contributed by atoms with Crippen molar-refractivity contribution in [3.05, 3.63) is 108 Å². The van der Waals surface area contributed by atoms with E-state index in [0.717, 1.165) is 24.3 Å². The molecule has 0 aliphatic rings. The molecular weight excluding hydrogens is 544 g/mol. The first-order valence-electron chi connectivity index (χ1n) is 11.8. The molecule has 214 valence electrons. The number of aliphatic hydroxyl groups is 4. The lowest BCUT2D eigenvalue weighted by atomic mass is 9.92. The predicted molar refractivity (Wildman–Crippen MR) is 135 cm³/mol. The number of benzene rings is 3. The second kappa shape index (κ2) is 12.9. The Labute approximate surface area is 231 Å². The zero-order valence-corrected chi connectivity index (χ0v) is 21.0. The number of ketones is 1. The molecule has 0 heterocycles. The van der Waals surface area contributed by atoms with Gasteiger partial charge in [-0.1, -0.05) is 54.6 Å². The zero-order chi connectivity index (χ0) is 30.2. The molecule has 0 radical (unpaired) electrons. The highest BCUT2D eigenvalue weighted by atomic mass is 16.8. The third kappa shape index (κ3) is 6.98. The lowest BCUT2D eigenvalue weighted by Gasteiger charge is -2.42. The van der Waals surface area contributed by atoms with Gasteiger partial charge in [-0.2, -0.15) is 0 Å². The molecule has 0 spiro atoms. The van der Waals surface area contributed by atoms with E-state index in [1.807, 2.05) is 0 Å². The summed E-state index contributed by atoms with van der Waals surface area (Å²) >= 11 is 0. The van der Waals surface area contributed by atoms with Crippen LogP contribution in [0.15, 0.2) is 91.0 Å². The van der Waals surface area contributed by atoms with E-state index in [0.29, 0.717) is 0 Å². The van der Waals surface area contributed by atoms with Gasteiger partial charge in [-0.3, -0.25) is 9.59 Å². The molecule has 0 saturated heterocycles. The molecule has 4 atom stereocenters. The summed E-state index contributed by atoms with van der Waals surface area (Å²) in [5.41, 5.74) is -0.788. The number of aliphatic hydroxyl groups excluding tert-OH is 2. The summed E-state index contributed by atoms with van der Waals surface area (Å²) < 4.78 is 14.4. The van der Waals surface area contributed by atoms with E-state index < -0.39 is 60.0 Å². The summed E-state index contributed by atoms with van der Waals surface area (Å²) in [4.78, 5) is 62.6. The standard InChI is InChI=1S/C28H24O13/c29-20(16-21(30)31)27(37,40-24(34)18-12-6-2-7-13-18)28(38,41-25(35)19-14-8-3-9-15-19)22(32)26(36)39-23(33)17-10-4-1-5-11-17/h1-15,22,26,32,36-38H,16H2,(H,30,31)/t22-,26?,27-,28+/m1/s1.